The zero-order valence-corrected chi connectivity index (χ0v) is 14.6. The van der Waals surface area contributed by atoms with Crippen molar-refractivity contribution < 1.29 is 18.1 Å². The smallest absolute Gasteiger partial charge is 0.398 e. The monoisotopic (exact) mass is 344 g/mol. The van der Waals surface area contributed by atoms with Crippen LogP contribution in [0.1, 0.15) is 33.3 Å². The largest absolute Gasteiger partial charge is 0.525 e. The van der Waals surface area contributed by atoms with Crippen molar-refractivity contribution in [2.45, 2.75) is 38.9 Å². The number of aromatic nitrogens is 2. The van der Waals surface area contributed by atoms with Crippen LogP contribution >= 0.6 is 0 Å². The van der Waals surface area contributed by atoms with Crippen LogP contribution in [0, 0.1) is 5.82 Å². The van der Waals surface area contributed by atoms with Gasteiger partial charge in [0.15, 0.2) is 0 Å². The van der Waals surface area contributed by atoms with E-state index in [1.807, 2.05) is 27.7 Å². The normalized spacial score (nSPS) is 19.3. The summed E-state index contributed by atoms with van der Waals surface area (Å²) in [5, 5.41) is 0. The number of nitrogens with zero attached hydrogens (tertiary/aromatic N) is 2. The summed E-state index contributed by atoms with van der Waals surface area (Å²) in [6.45, 7) is 7.32. The molecule has 1 fully saturated rings. The van der Waals surface area contributed by atoms with Crippen molar-refractivity contribution in [3.63, 3.8) is 0 Å². The van der Waals surface area contributed by atoms with Crippen molar-refractivity contribution in [1.29, 1.82) is 0 Å². The molecule has 0 radical (unpaired) electrons. The second-order valence-electron chi connectivity index (χ2n) is 6.98. The molecule has 25 heavy (non-hydrogen) atoms. The maximum atomic E-state index is 14.6. The Kier molecular flexibility index (Phi) is 4.47. The predicted molar refractivity (Wildman–Crippen MR) is 92.6 cm³/mol. The zero-order chi connectivity index (χ0) is 18.2. The molecular formula is C18H19BF2N2O2. The Hall–Kier alpha value is -2.12. The van der Waals surface area contributed by atoms with Crippen LogP contribution in [0.5, 0.6) is 0 Å². The van der Waals surface area contributed by atoms with E-state index in [2.05, 4.69) is 9.97 Å². The minimum Gasteiger partial charge on any atom is -0.398 e. The summed E-state index contributed by atoms with van der Waals surface area (Å²) in [7, 11) is -1.16. The Morgan fingerprint density at radius 2 is 1.64 bits per heavy atom. The molecule has 0 unspecified atom stereocenters. The lowest BCUT2D eigenvalue weighted by molar-refractivity contribution is 0.00578. The van der Waals surface area contributed by atoms with Crippen molar-refractivity contribution in [2.75, 3.05) is 0 Å². The van der Waals surface area contributed by atoms with Gasteiger partial charge < -0.3 is 9.31 Å². The molecule has 3 rings (SSSR count). The van der Waals surface area contributed by atoms with E-state index < -0.39 is 29.9 Å². The third-order valence-corrected chi connectivity index (χ3v) is 4.66. The van der Waals surface area contributed by atoms with Gasteiger partial charge in [-0.25, -0.2) is 18.7 Å². The minimum atomic E-state index is -1.16. The molecule has 4 nitrogen and oxygen atoms in total. The predicted octanol–water partition coefficient (Wildman–Crippen LogP) is 4.22. The fourth-order valence-electron chi connectivity index (χ4n) is 2.45. The van der Waals surface area contributed by atoms with Crippen molar-refractivity contribution in [3.05, 3.63) is 54.0 Å². The molecule has 0 bridgehead atoms. The Morgan fingerprint density at radius 1 is 1.04 bits per heavy atom. The lowest BCUT2D eigenvalue weighted by Gasteiger charge is -2.32. The van der Waals surface area contributed by atoms with Crippen LogP contribution in [0.25, 0.3) is 17.2 Å². The van der Waals surface area contributed by atoms with Gasteiger partial charge in [0.05, 0.1) is 11.2 Å². The molecular weight excluding hydrogens is 325 g/mol. The lowest BCUT2D eigenvalue weighted by Crippen LogP contribution is -2.41. The fraction of sp³-hybridized carbons (Fsp3) is 0.333. The van der Waals surface area contributed by atoms with Crippen molar-refractivity contribution in [1.82, 2.24) is 9.97 Å². The van der Waals surface area contributed by atoms with Gasteiger partial charge >= 0.3 is 7.12 Å². The van der Waals surface area contributed by atoms with E-state index in [1.165, 1.54) is 12.4 Å². The van der Waals surface area contributed by atoms with E-state index in [-0.39, 0.29) is 5.56 Å². The topological polar surface area (TPSA) is 44.2 Å². The molecule has 2 heterocycles. The molecule has 1 aliphatic rings. The third kappa shape index (κ3) is 3.48. The second-order valence-corrected chi connectivity index (χ2v) is 6.98. The molecule has 2 aromatic rings. The SMILES string of the molecule is CC1(C)OB(C(F)=Cc2cc(-c3cncnc3)ccc2F)OC1(C)C. The Labute approximate surface area is 146 Å². The molecule has 1 aromatic heterocycles. The molecule has 0 saturated carbocycles. The second kappa shape index (κ2) is 6.31. The van der Waals surface area contributed by atoms with Crippen LogP contribution in [0.2, 0.25) is 0 Å². The summed E-state index contributed by atoms with van der Waals surface area (Å²) in [4.78, 5) is 7.87. The van der Waals surface area contributed by atoms with E-state index in [1.54, 1.807) is 24.5 Å². The van der Waals surface area contributed by atoms with Gasteiger partial charge in [0, 0.05) is 23.5 Å². The number of hydrogen-bond donors (Lipinski definition) is 0. The molecule has 0 atom stereocenters. The lowest BCUT2D eigenvalue weighted by atomic mass is 9.86. The van der Waals surface area contributed by atoms with Crippen LogP contribution < -0.4 is 0 Å². The van der Waals surface area contributed by atoms with E-state index in [0.29, 0.717) is 11.1 Å². The summed E-state index contributed by atoms with van der Waals surface area (Å²) in [5.41, 5.74) is -0.495. The molecule has 1 saturated heterocycles. The molecule has 130 valence electrons. The van der Waals surface area contributed by atoms with Crippen molar-refractivity contribution in [3.8, 4) is 11.1 Å². The Bertz CT molecular complexity index is 794. The van der Waals surface area contributed by atoms with Gasteiger partial charge in [0.1, 0.15) is 17.9 Å². The minimum absolute atomic E-state index is 0.105. The summed E-state index contributed by atoms with van der Waals surface area (Å²) < 4.78 is 40.0. The Balaban J connectivity index is 1.91. The highest BCUT2D eigenvalue weighted by Crippen LogP contribution is 2.39. The quantitative estimate of drug-likeness (QED) is 0.782. The van der Waals surface area contributed by atoms with Crippen LogP contribution in [0.15, 0.2) is 42.6 Å². The molecule has 1 aliphatic heterocycles. The highest BCUT2D eigenvalue weighted by Gasteiger charge is 2.53. The van der Waals surface area contributed by atoms with E-state index in [9.17, 15) is 8.78 Å². The first kappa shape index (κ1) is 17.7. The highest BCUT2D eigenvalue weighted by atomic mass is 19.1. The highest BCUT2D eigenvalue weighted by molar-refractivity contribution is 6.54. The fourth-order valence-corrected chi connectivity index (χ4v) is 2.45. The number of benzene rings is 1. The van der Waals surface area contributed by atoms with E-state index >= 15 is 0 Å². The van der Waals surface area contributed by atoms with E-state index in [4.69, 9.17) is 9.31 Å². The first-order chi connectivity index (χ1) is 11.7. The van der Waals surface area contributed by atoms with Gasteiger partial charge in [0.25, 0.3) is 0 Å². The van der Waals surface area contributed by atoms with Gasteiger partial charge in [0.2, 0.25) is 0 Å². The molecule has 1 aromatic carbocycles. The molecule has 0 aliphatic carbocycles. The standard InChI is InChI=1S/C18H19BF2N2O2/c1-17(2)18(3,4)25-19(24-17)16(21)8-13-7-12(5-6-15(13)20)14-9-22-11-23-10-14/h5-11H,1-4H3. The summed E-state index contributed by atoms with van der Waals surface area (Å²) >= 11 is 0. The summed E-state index contributed by atoms with van der Waals surface area (Å²) in [6.07, 6.45) is 5.73. The maximum Gasteiger partial charge on any atom is 0.525 e. The van der Waals surface area contributed by atoms with Crippen LogP contribution in [0.4, 0.5) is 8.78 Å². The average Bonchev–Trinajstić information content (AvgIpc) is 2.78. The molecule has 0 N–H and O–H groups in total. The van der Waals surface area contributed by atoms with Gasteiger partial charge in [-0.1, -0.05) is 6.07 Å². The van der Waals surface area contributed by atoms with Crippen LogP contribution in [0.3, 0.4) is 0 Å². The van der Waals surface area contributed by atoms with Crippen molar-refractivity contribution in [2.24, 2.45) is 0 Å². The third-order valence-electron chi connectivity index (χ3n) is 4.66. The average molecular weight is 344 g/mol. The number of rotatable bonds is 3. The summed E-state index contributed by atoms with van der Waals surface area (Å²) in [6, 6.07) is 4.42. The maximum absolute atomic E-state index is 14.6. The Morgan fingerprint density at radius 3 is 2.24 bits per heavy atom. The van der Waals surface area contributed by atoms with Gasteiger partial charge in [-0.05, 0) is 51.5 Å². The molecule has 0 spiro atoms. The van der Waals surface area contributed by atoms with Gasteiger partial charge in [-0.3, -0.25) is 0 Å². The molecule has 7 heteroatoms. The molecule has 0 amide bonds. The van der Waals surface area contributed by atoms with Crippen LogP contribution in [-0.2, 0) is 9.31 Å². The van der Waals surface area contributed by atoms with Crippen molar-refractivity contribution >= 4 is 13.2 Å². The van der Waals surface area contributed by atoms with E-state index in [0.717, 1.165) is 6.08 Å². The number of hydrogen-bond acceptors (Lipinski definition) is 4. The zero-order valence-electron chi connectivity index (χ0n) is 14.6. The number of halogens is 2. The van der Waals surface area contributed by atoms with Crippen LogP contribution in [-0.4, -0.2) is 28.3 Å². The van der Waals surface area contributed by atoms with Gasteiger partial charge in [-0.15, -0.1) is 0 Å². The first-order valence-corrected chi connectivity index (χ1v) is 7.97. The van der Waals surface area contributed by atoms with Gasteiger partial charge in [-0.2, -0.15) is 0 Å². The first-order valence-electron chi connectivity index (χ1n) is 7.97. The summed E-state index contributed by atoms with van der Waals surface area (Å²) in [5.74, 6) is -0.535.